The van der Waals surface area contributed by atoms with Gasteiger partial charge in [0, 0.05) is 18.6 Å². The largest absolute Gasteiger partial charge is 0.319 e. The highest BCUT2D eigenvalue weighted by Crippen LogP contribution is 2.21. The molecule has 8 nitrogen and oxygen atoms in total. The second-order valence-corrected chi connectivity index (χ2v) is 8.91. The predicted molar refractivity (Wildman–Crippen MR) is 136 cm³/mol. The lowest BCUT2D eigenvalue weighted by atomic mass is 10.2. The van der Waals surface area contributed by atoms with Crippen molar-refractivity contribution in [2.45, 2.75) is 18.6 Å². The molecule has 0 radical (unpaired) electrons. The number of amides is 1. The molecule has 1 amide bonds. The molecule has 2 heterocycles. The van der Waals surface area contributed by atoms with Crippen LogP contribution < -0.4 is 16.4 Å². The molecule has 0 saturated carbocycles. The molecule has 0 aliphatic heterocycles. The van der Waals surface area contributed by atoms with Crippen LogP contribution in [0, 0.1) is 6.92 Å². The Hall–Kier alpha value is -3.56. The number of halogens is 1. The number of allylic oxidation sites excluding steroid dienone is 1. The van der Waals surface area contributed by atoms with E-state index in [-0.39, 0.29) is 35.0 Å². The zero-order valence-corrected chi connectivity index (χ0v) is 20.2. The van der Waals surface area contributed by atoms with Crippen LogP contribution in [0.15, 0.2) is 75.9 Å². The summed E-state index contributed by atoms with van der Waals surface area (Å²) in [6.07, 6.45) is 1.59. The van der Waals surface area contributed by atoms with Crippen LogP contribution in [0.1, 0.15) is 5.69 Å². The van der Waals surface area contributed by atoms with Crippen LogP contribution in [-0.2, 0) is 18.4 Å². The third-order valence-corrected chi connectivity index (χ3v) is 6.56. The Bertz CT molecular complexity index is 1520. The van der Waals surface area contributed by atoms with E-state index in [2.05, 4.69) is 16.9 Å². The molecule has 0 fully saturated rings. The summed E-state index contributed by atoms with van der Waals surface area (Å²) in [4.78, 5) is 43.2. The summed E-state index contributed by atoms with van der Waals surface area (Å²) < 4.78 is 4.64. The van der Waals surface area contributed by atoms with Crippen LogP contribution in [0.25, 0.3) is 16.6 Å². The molecule has 0 aliphatic carbocycles. The van der Waals surface area contributed by atoms with Crippen molar-refractivity contribution in [3.8, 4) is 5.69 Å². The molecule has 0 aliphatic rings. The maximum Gasteiger partial charge on any atom is 0.295 e. The van der Waals surface area contributed by atoms with Gasteiger partial charge in [-0.3, -0.25) is 23.6 Å². The SMILES string of the molecule is C=CCn1c(SCC(=O)Nc2c(C)n(C)n(-c3ccccc3)c2=O)nc2cc(Cl)ccc2c1=O. The topological polar surface area (TPSA) is 90.9 Å². The molecule has 4 aromatic rings. The molecular formula is C24H22ClN5O3S. The summed E-state index contributed by atoms with van der Waals surface area (Å²) in [5.74, 6) is -0.434. The molecule has 10 heteroatoms. The van der Waals surface area contributed by atoms with Crippen molar-refractivity contribution in [1.29, 1.82) is 0 Å². The average Bonchev–Trinajstić information content (AvgIpc) is 3.03. The number of benzene rings is 2. The number of hydrogen-bond donors (Lipinski definition) is 1. The van der Waals surface area contributed by atoms with Crippen LogP contribution in [0.3, 0.4) is 0 Å². The van der Waals surface area contributed by atoms with Crippen molar-refractivity contribution in [3.05, 3.63) is 92.6 Å². The number of rotatable bonds is 7. The Morgan fingerprint density at radius 2 is 1.91 bits per heavy atom. The van der Waals surface area contributed by atoms with Crippen LogP contribution >= 0.6 is 23.4 Å². The van der Waals surface area contributed by atoms with E-state index < -0.39 is 0 Å². The number of nitrogens with one attached hydrogen (secondary N) is 1. The fourth-order valence-corrected chi connectivity index (χ4v) is 4.57. The maximum atomic E-state index is 13.0. The first kappa shape index (κ1) is 23.6. The van der Waals surface area contributed by atoms with Crippen molar-refractivity contribution in [1.82, 2.24) is 18.9 Å². The third kappa shape index (κ3) is 4.44. The zero-order chi connectivity index (χ0) is 24.4. The maximum absolute atomic E-state index is 13.0. The van der Waals surface area contributed by atoms with Crippen molar-refractivity contribution in [2.75, 3.05) is 11.1 Å². The van der Waals surface area contributed by atoms with E-state index in [1.807, 2.05) is 30.3 Å². The molecule has 0 saturated heterocycles. The normalized spacial score (nSPS) is 11.0. The number of carbonyl (C=O) groups is 1. The standard InChI is InChI=1S/C24H22ClN5O3S/c1-4-12-29-22(32)18-11-10-16(25)13-19(18)26-24(29)34-14-20(31)27-21-15(2)28(3)30(23(21)33)17-8-6-5-7-9-17/h4-11,13H,1,12,14H2,2-3H3,(H,27,31). The summed E-state index contributed by atoms with van der Waals surface area (Å²) in [5.41, 5.74) is 1.40. The minimum Gasteiger partial charge on any atom is -0.319 e. The number of nitrogens with zero attached hydrogens (tertiary/aromatic N) is 4. The zero-order valence-electron chi connectivity index (χ0n) is 18.6. The monoisotopic (exact) mass is 495 g/mol. The number of thioether (sulfide) groups is 1. The Labute approximate surface area is 204 Å². The number of anilines is 1. The van der Waals surface area contributed by atoms with Gasteiger partial charge in [0.2, 0.25) is 5.91 Å². The van der Waals surface area contributed by atoms with Gasteiger partial charge in [0.15, 0.2) is 5.16 Å². The fraction of sp³-hybridized carbons (Fsp3) is 0.167. The first-order valence-corrected chi connectivity index (χ1v) is 11.8. The third-order valence-electron chi connectivity index (χ3n) is 5.35. The van der Waals surface area contributed by atoms with Gasteiger partial charge in [-0.2, -0.15) is 0 Å². The highest BCUT2D eigenvalue weighted by Gasteiger charge is 2.19. The van der Waals surface area contributed by atoms with E-state index in [1.54, 1.807) is 42.9 Å². The first-order valence-electron chi connectivity index (χ1n) is 10.4. The summed E-state index contributed by atoms with van der Waals surface area (Å²) >= 11 is 7.16. The number of carbonyl (C=O) groups excluding carboxylic acids is 1. The van der Waals surface area contributed by atoms with Gasteiger partial charge in [-0.1, -0.05) is 47.6 Å². The lowest BCUT2D eigenvalue weighted by Gasteiger charge is -2.11. The molecule has 2 aromatic heterocycles. The van der Waals surface area contributed by atoms with Gasteiger partial charge in [-0.05, 0) is 37.3 Å². The quantitative estimate of drug-likeness (QED) is 0.239. The molecule has 0 atom stereocenters. The highest BCUT2D eigenvalue weighted by atomic mass is 35.5. The van der Waals surface area contributed by atoms with Gasteiger partial charge >= 0.3 is 0 Å². The van der Waals surface area contributed by atoms with Crippen molar-refractivity contribution >= 4 is 45.9 Å². The van der Waals surface area contributed by atoms with E-state index in [1.165, 1.54) is 9.25 Å². The Kier molecular flexibility index (Phi) is 6.76. The lowest BCUT2D eigenvalue weighted by molar-refractivity contribution is -0.113. The van der Waals surface area contributed by atoms with Crippen molar-refractivity contribution in [2.24, 2.45) is 7.05 Å². The van der Waals surface area contributed by atoms with Gasteiger partial charge in [-0.25, -0.2) is 9.67 Å². The highest BCUT2D eigenvalue weighted by molar-refractivity contribution is 7.99. The minimum absolute atomic E-state index is 0.0469. The average molecular weight is 496 g/mol. The Balaban J connectivity index is 1.60. The number of fused-ring (bicyclic) bond motifs is 1. The number of aromatic nitrogens is 4. The fourth-order valence-electron chi connectivity index (χ4n) is 3.59. The second kappa shape index (κ2) is 9.74. The number of para-hydroxylation sites is 1. The predicted octanol–water partition coefficient (Wildman–Crippen LogP) is 3.76. The van der Waals surface area contributed by atoms with Gasteiger partial charge in [-0.15, -0.1) is 6.58 Å². The van der Waals surface area contributed by atoms with Crippen LogP contribution in [-0.4, -0.2) is 30.6 Å². The van der Waals surface area contributed by atoms with E-state index in [9.17, 15) is 14.4 Å². The van der Waals surface area contributed by atoms with E-state index >= 15 is 0 Å². The molecule has 4 rings (SSSR count). The van der Waals surface area contributed by atoms with Crippen molar-refractivity contribution in [3.63, 3.8) is 0 Å². The molecule has 2 aromatic carbocycles. The lowest BCUT2D eigenvalue weighted by Crippen LogP contribution is -2.25. The molecule has 0 bridgehead atoms. The molecule has 0 spiro atoms. The molecular weight excluding hydrogens is 474 g/mol. The molecule has 0 unspecified atom stereocenters. The summed E-state index contributed by atoms with van der Waals surface area (Å²) in [6.45, 7) is 5.71. The van der Waals surface area contributed by atoms with E-state index in [4.69, 9.17) is 11.6 Å². The summed E-state index contributed by atoms with van der Waals surface area (Å²) in [6, 6.07) is 14.1. The van der Waals surface area contributed by atoms with E-state index in [0.717, 1.165) is 11.8 Å². The van der Waals surface area contributed by atoms with Crippen LogP contribution in [0.4, 0.5) is 5.69 Å². The van der Waals surface area contributed by atoms with Gasteiger partial charge in [0.05, 0.1) is 28.0 Å². The van der Waals surface area contributed by atoms with Gasteiger partial charge in [0.25, 0.3) is 11.1 Å². The molecule has 34 heavy (non-hydrogen) atoms. The smallest absolute Gasteiger partial charge is 0.295 e. The van der Waals surface area contributed by atoms with Crippen molar-refractivity contribution < 1.29 is 4.79 Å². The van der Waals surface area contributed by atoms with Gasteiger partial charge < -0.3 is 5.32 Å². The van der Waals surface area contributed by atoms with Crippen LogP contribution in [0.2, 0.25) is 5.02 Å². The van der Waals surface area contributed by atoms with Gasteiger partial charge in [0.1, 0.15) is 5.69 Å². The Morgan fingerprint density at radius 1 is 1.18 bits per heavy atom. The molecule has 174 valence electrons. The van der Waals surface area contributed by atoms with E-state index in [0.29, 0.717) is 32.5 Å². The second-order valence-electron chi connectivity index (χ2n) is 7.53. The molecule has 1 N–H and O–H groups in total. The Morgan fingerprint density at radius 3 is 2.62 bits per heavy atom. The minimum atomic E-state index is -0.387. The van der Waals surface area contributed by atoms with Crippen LogP contribution in [0.5, 0.6) is 0 Å². The first-order chi connectivity index (χ1) is 16.3. The number of hydrogen-bond acceptors (Lipinski definition) is 5. The summed E-state index contributed by atoms with van der Waals surface area (Å²) in [7, 11) is 1.76. The summed E-state index contributed by atoms with van der Waals surface area (Å²) in [5, 5.41) is 3.98.